The highest BCUT2D eigenvalue weighted by Gasteiger charge is 2.20. The van der Waals surface area contributed by atoms with Crippen LogP contribution in [-0.4, -0.2) is 36.6 Å². The lowest BCUT2D eigenvalue weighted by molar-refractivity contribution is 0.973. The Hall–Kier alpha value is -3.00. The van der Waals surface area contributed by atoms with Gasteiger partial charge in [0, 0.05) is 17.3 Å². The molecule has 0 amide bonds. The summed E-state index contributed by atoms with van der Waals surface area (Å²) < 4.78 is 0. The first-order valence-corrected chi connectivity index (χ1v) is 8.43. The molecule has 0 aliphatic rings. The van der Waals surface area contributed by atoms with Crippen molar-refractivity contribution in [3.05, 3.63) is 42.6 Å². The predicted molar refractivity (Wildman–Crippen MR) is 94.3 cm³/mol. The van der Waals surface area contributed by atoms with Crippen LogP contribution in [0.4, 0.5) is 5.82 Å². The molecular formula is C16H13N7S. The van der Waals surface area contributed by atoms with Gasteiger partial charge in [0.25, 0.3) is 0 Å². The van der Waals surface area contributed by atoms with Crippen molar-refractivity contribution in [2.75, 3.05) is 12.0 Å². The van der Waals surface area contributed by atoms with Crippen LogP contribution in [0, 0.1) is 0 Å². The second-order valence-corrected chi connectivity index (χ2v) is 5.83. The molecule has 7 nitrogen and oxygen atoms in total. The van der Waals surface area contributed by atoms with Gasteiger partial charge in [-0.2, -0.15) is 5.10 Å². The van der Waals surface area contributed by atoms with Gasteiger partial charge < -0.3 is 5.73 Å². The molecule has 0 radical (unpaired) electrons. The van der Waals surface area contributed by atoms with E-state index in [0.717, 1.165) is 22.2 Å². The summed E-state index contributed by atoms with van der Waals surface area (Å²) in [6.07, 6.45) is 3.66. The molecule has 0 fully saturated rings. The van der Waals surface area contributed by atoms with Crippen LogP contribution in [-0.2, 0) is 0 Å². The van der Waals surface area contributed by atoms with E-state index in [1.165, 1.54) is 11.8 Å². The van der Waals surface area contributed by atoms with Gasteiger partial charge in [0.05, 0.1) is 11.1 Å². The van der Waals surface area contributed by atoms with E-state index in [1.807, 2.05) is 42.7 Å². The van der Waals surface area contributed by atoms with Crippen molar-refractivity contribution < 1.29 is 0 Å². The molecule has 3 aromatic heterocycles. The summed E-state index contributed by atoms with van der Waals surface area (Å²) in [7, 11) is 0. The summed E-state index contributed by atoms with van der Waals surface area (Å²) in [6, 6.07) is 11.7. The van der Waals surface area contributed by atoms with E-state index in [1.54, 1.807) is 6.20 Å². The Balaban J connectivity index is 2.08. The number of hydrogen-bond acceptors (Lipinski definition) is 7. The Labute approximate surface area is 141 Å². The Morgan fingerprint density at radius 1 is 1.08 bits per heavy atom. The van der Waals surface area contributed by atoms with Crippen molar-refractivity contribution in [1.82, 2.24) is 30.4 Å². The van der Waals surface area contributed by atoms with Crippen LogP contribution in [0.3, 0.4) is 0 Å². The molecule has 0 saturated carbocycles. The van der Waals surface area contributed by atoms with Crippen LogP contribution in [0.25, 0.3) is 33.5 Å². The first kappa shape index (κ1) is 14.6. The number of H-pyrrole nitrogens is 1. The second kappa shape index (κ2) is 5.89. The van der Waals surface area contributed by atoms with Gasteiger partial charge in [-0.3, -0.25) is 5.10 Å². The van der Waals surface area contributed by atoms with Crippen molar-refractivity contribution in [2.24, 2.45) is 0 Å². The van der Waals surface area contributed by atoms with Crippen molar-refractivity contribution in [3.8, 4) is 22.5 Å². The van der Waals surface area contributed by atoms with E-state index in [4.69, 9.17) is 5.73 Å². The maximum atomic E-state index is 6.10. The lowest BCUT2D eigenvalue weighted by atomic mass is 10.0. The minimum Gasteiger partial charge on any atom is -0.383 e. The monoisotopic (exact) mass is 335 g/mol. The van der Waals surface area contributed by atoms with Crippen molar-refractivity contribution >= 4 is 28.6 Å². The van der Waals surface area contributed by atoms with Gasteiger partial charge in [0.15, 0.2) is 5.16 Å². The van der Waals surface area contributed by atoms with Gasteiger partial charge in [-0.05, 0) is 12.3 Å². The number of rotatable bonds is 3. The topological polar surface area (TPSA) is 106 Å². The number of thioether (sulfide) groups is 1. The SMILES string of the molecule is CSc1nccc(-c2c(-c3ccccc3)nnc3n[nH]c(N)c23)n1. The Bertz CT molecular complexity index is 1010. The van der Waals surface area contributed by atoms with Crippen LogP contribution in [0.2, 0.25) is 0 Å². The third-order valence-corrected chi connectivity index (χ3v) is 4.19. The molecule has 0 aliphatic heterocycles. The average Bonchev–Trinajstić information content (AvgIpc) is 3.03. The molecule has 0 atom stereocenters. The first-order chi connectivity index (χ1) is 11.8. The van der Waals surface area contributed by atoms with Crippen molar-refractivity contribution in [3.63, 3.8) is 0 Å². The van der Waals surface area contributed by atoms with Crippen LogP contribution in [0.5, 0.6) is 0 Å². The average molecular weight is 335 g/mol. The number of nitrogens with zero attached hydrogens (tertiary/aromatic N) is 5. The van der Waals surface area contributed by atoms with Gasteiger partial charge in [0.2, 0.25) is 5.65 Å². The van der Waals surface area contributed by atoms with Crippen LogP contribution in [0.15, 0.2) is 47.8 Å². The highest BCUT2D eigenvalue weighted by molar-refractivity contribution is 7.98. The predicted octanol–water partition coefficient (Wildman–Crippen LogP) is 2.78. The highest BCUT2D eigenvalue weighted by Crippen LogP contribution is 2.36. The second-order valence-electron chi connectivity index (χ2n) is 5.05. The van der Waals surface area contributed by atoms with Gasteiger partial charge in [-0.15, -0.1) is 10.2 Å². The summed E-state index contributed by atoms with van der Waals surface area (Å²) >= 11 is 1.48. The van der Waals surface area contributed by atoms with Crippen LogP contribution >= 0.6 is 11.8 Å². The molecule has 8 heteroatoms. The van der Waals surface area contributed by atoms with E-state index in [2.05, 4.69) is 30.4 Å². The molecule has 0 aliphatic carbocycles. The van der Waals surface area contributed by atoms with E-state index < -0.39 is 0 Å². The number of anilines is 1. The molecule has 4 aromatic rings. The summed E-state index contributed by atoms with van der Waals surface area (Å²) in [6.45, 7) is 0. The normalized spacial score (nSPS) is 11.0. The third kappa shape index (κ3) is 2.37. The quantitative estimate of drug-likeness (QED) is 0.438. The van der Waals surface area contributed by atoms with Crippen molar-refractivity contribution in [1.29, 1.82) is 0 Å². The maximum Gasteiger partial charge on any atom is 0.205 e. The number of nitrogen functional groups attached to an aromatic ring is 1. The first-order valence-electron chi connectivity index (χ1n) is 7.21. The highest BCUT2D eigenvalue weighted by atomic mass is 32.2. The van der Waals surface area contributed by atoms with E-state index in [9.17, 15) is 0 Å². The van der Waals surface area contributed by atoms with Crippen LogP contribution in [0.1, 0.15) is 0 Å². The maximum absolute atomic E-state index is 6.10. The molecular weight excluding hydrogens is 322 g/mol. The zero-order valence-corrected chi connectivity index (χ0v) is 13.6. The number of aromatic amines is 1. The molecule has 0 unspecified atom stereocenters. The molecule has 0 saturated heterocycles. The summed E-state index contributed by atoms with van der Waals surface area (Å²) in [5.74, 6) is 0.441. The molecule has 0 spiro atoms. The summed E-state index contributed by atoms with van der Waals surface area (Å²) in [5, 5.41) is 16.8. The fraction of sp³-hybridized carbons (Fsp3) is 0.0625. The number of hydrogen-bond donors (Lipinski definition) is 2. The van der Waals surface area contributed by atoms with Gasteiger partial charge in [0.1, 0.15) is 11.5 Å². The number of aromatic nitrogens is 6. The Kier molecular flexibility index (Phi) is 3.58. The smallest absolute Gasteiger partial charge is 0.205 e. The minimum absolute atomic E-state index is 0.441. The van der Waals surface area contributed by atoms with E-state index >= 15 is 0 Å². The summed E-state index contributed by atoms with van der Waals surface area (Å²) in [5.41, 5.74) is 9.75. The molecule has 24 heavy (non-hydrogen) atoms. The molecule has 118 valence electrons. The number of nitrogens with two attached hydrogens (primary N) is 1. The number of fused-ring (bicyclic) bond motifs is 1. The van der Waals surface area contributed by atoms with E-state index in [-0.39, 0.29) is 0 Å². The molecule has 3 heterocycles. The molecule has 0 bridgehead atoms. The zero-order valence-electron chi connectivity index (χ0n) is 12.8. The standard InChI is InChI=1S/C16H13N7S/c1-24-16-18-8-7-10(19-16)11-12-14(17)21-23-15(12)22-20-13(11)9-5-3-2-4-6-9/h2-8H,1H3,(H3,17,21,22,23). The van der Waals surface area contributed by atoms with Gasteiger partial charge in [-0.1, -0.05) is 42.1 Å². The third-order valence-electron chi connectivity index (χ3n) is 3.63. The number of nitrogens with one attached hydrogen (secondary N) is 1. The molecule has 3 N–H and O–H groups in total. The van der Waals surface area contributed by atoms with Crippen molar-refractivity contribution in [2.45, 2.75) is 5.16 Å². The van der Waals surface area contributed by atoms with E-state index in [0.29, 0.717) is 22.3 Å². The number of benzene rings is 1. The molecule has 4 rings (SSSR count). The van der Waals surface area contributed by atoms with Crippen LogP contribution < -0.4 is 5.73 Å². The largest absolute Gasteiger partial charge is 0.383 e. The minimum atomic E-state index is 0.441. The Morgan fingerprint density at radius 3 is 2.71 bits per heavy atom. The van der Waals surface area contributed by atoms with Gasteiger partial charge >= 0.3 is 0 Å². The zero-order chi connectivity index (χ0) is 16.5. The lowest BCUT2D eigenvalue weighted by Crippen LogP contribution is -1.98. The van der Waals surface area contributed by atoms with Gasteiger partial charge in [-0.25, -0.2) is 9.97 Å². The fourth-order valence-electron chi connectivity index (χ4n) is 2.56. The Morgan fingerprint density at radius 2 is 1.92 bits per heavy atom. The molecule has 1 aromatic carbocycles. The summed E-state index contributed by atoms with van der Waals surface area (Å²) in [4.78, 5) is 8.84. The fourth-order valence-corrected chi connectivity index (χ4v) is 2.91. The lowest BCUT2D eigenvalue weighted by Gasteiger charge is -2.10.